The fourth-order valence-electron chi connectivity index (χ4n) is 3.71. The molecule has 0 spiro atoms. The summed E-state index contributed by atoms with van der Waals surface area (Å²) in [6.07, 6.45) is 3.66. The van der Waals surface area contributed by atoms with Crippen LogP contribution in [0.3, 0.4) is 0 Å². The Balaban J connectivity index is 1.63. The molecule has 0 unspecified atom stereocenters. The zero-order valence-electron chi connectivity index (χ0n) is 14.7. The Bertz CT molecular complexity index is 690. The molecule has 24 heavy (non-hydrogen) atoms. The molecule has 0 saturated carbocycles. The molecule has 1 fully saturated rings. The fraction of sp³-hybridized carbons (Fsp3) is 0.579. The van der Waals surface area contributed by atoms with Crippen LogP contribution in [-0.4, -0.2) is 34.5 Å². The molecule has 2 aromatic heterocycles. The van der Waals surface area contributed by atoms with Crippen molar-refractivity contribution in [2.75, 3.05) is 24.5 Å². The van der Waals surface area contributed by atoms with Crippen molar-refractivity contribution in [2.45, 2.75) is 52.1 Å². The second kappa shape index (κ2) is 6.81. The summed E-state index contributed by atoms with van der Waals surface area (Å²) in [6.45, 7) is 9.79. The Kier molecular flexibility index (Phi) is 4.55. The smallest absolute Gasteiger partial charge is 0.135 e. The summed E-state index contributed by atoms with van der Waals surface area (Å²) in [5, 5.41) is 4.42. The Morgan fingerprint density at radius 3 is 2.71 bits per heavy atom. The van der Waals surface area contributed by atoms with Crippen LogP contribution in [0.15, 0.2) is 16.8 Å². The van der Waals surface area contributed by atoms with E-state index >= 15 is 0 Å². The molecule has 0 radical (unpaired) electrons. The Morgan fingerprint density at radius 1 is 1.17 bits per heavy atom. The van der Waals surface area contributed by atoms with Crippen LogP contribution in [-0.2, 0) is 19.5 Å². The minimum atomic E-state index is 0.379. The lowest BCUT2D eigenvalue weighted by Crippen LogP contribution is -2.33. The summed E-state index contributed by atoms with van der Waals surface area (Å²) in [4.78, 5) is 14.9. The number of rotatable bonds is 4. The zero-order valence-corrected chi connectivity index (χ0v) is 15.5. The van der Waals surface area contributed by atoms with Crippen LogP contribution >= 0.6 is 11.3 Å². The molecule has 0 amide bonds. The molecular formula is C19H26N4S. The predicted octanol–water partition coefficient (Wildman–Crippen LogP) is 3.82. The number of aromatic nitrogens is 2. The molecule has 0 atom stereocenters. The maximum absolute atomic E-state index is 4.97. The highest BCUT2D eigenvalue weighted by molar-refractivity contribution is 7.07. The maximum atomic E-state index is 4.97. The molecule has 2 aliphatic rings. The van der Waals surface area contributed by atoms with Gasteiger partial charge in [-0.05, 0) is 41.7 Å². The van der Waals surface area contributed by atoms with Crippen LogP contribution in [0.2, 0.25) is 0 Å². The summed E-state index contributed by atoms with van der Waals surface area (Å²) < 4.78 is 0. The van der Waals surface area contributed by atoms with E-state index in [1.54, 1.807) is 11.3 Å². The van der Waals surface area contributed by atoms with Gasteiger partial charge in [0.25, 0.3) is 0 Å². The van der Waals surface area contributed by atoms with Gasteiger partial charge < -0.3 is 4.90 Å². The van der Waals surface area contributed by atoms with Crippen molar-refractivity contribution in [2.24, 2.45) is 0 Å². The molecule has 0 aliphatic carbocycles. The van der Waals surface area contributed by atoms with Crippen molar-refractivity contribution < 1.29 is 0 Å². The standard InChI is InChI=1S/C19H26N4S/c1-14(2)18-20-17-12-22(11-15-6-10-24-13-15)9-5-16(17)19(21-18)23-7-3-4-8-23/h6,10,13-14H,3-5,7-9,11-12H2,1-2H3. The highest BCUT2D eigenvalue weighted by atomic mass is 32.1. The molecule has 128 valence electrons. The van der Waals surface area contributed by atoms with Gasteiger partial charge in [-0.25, -0.2) is 9.97 Å². The zero-order chi connectivity index (χ0) is 16.5. The van der Waals surface area contributed by atoms with E-state index in [4.69, 9.17) is 9.97 Å². The minimum absolute atomic E-state index is 0.379. The molecule has 5 heteroatoms. The second-order valence-electron chi connectivity index (χ2n) is 7.27. The Hall–Kier alpha value is -1.46. The normalized spacial score (nSPS) is 18.4. The number of nitrogens with zero attached hydrogens (tertiary/aromatic N) is 4. The molecule has 1 saturated heterocycles. The van der Waals surface area contributed by atoms with Crippen molar-refractivity contribution in [1.82, 2.24) is 14.9 Å². The molecule has 2 aliphatic heterocycles. The van der Waals surface area contributed by atoms with E-state index in [2.05, 4.69) is 40.5 Å². The summed E-state index contributed by atoms with van der Waals surface area (Å²) >= 11 is 1.78. The molecule has 4 heterocycles. The highest BCUT2D eigenvalue weighted by Crippen LogP contribution is 2.30. The summed E-state index contributed by atoms with van der Waals surface area (Å²) in [7, 11) is 0. The number of fused-ring (bicyclic) bond motifs is 1. The third-order valence-corrected chi connectivity index (χ3v) is 5.78. The number of hydrogen-bond acceptors (Lipinski definition) is 5. The third-order valence-electron chi connectivity index (χ3n) is 5.05. The van der Waals surface area contributed by atoms with Crippen LogP contribution in [0, 0.1) is 0 Å². The first-order valence-electron chi connectivity index (χ1n) is 9.09. The maximum Gasteiger partial charge on any atom is 0.135 e. The fourth-order valence-corrected chi connectivity index (χ4v) is 4.37. The van der Waals surface area contributed by atoms with E-state index < -0.39 is 0 Å². The average molecular weight is 343 g/mol. The van der Waals surface area contributed by atoms with E-state index in [1.807, 2.05) is 0 Å². The summed E-state index contributed by atoms with van der Waals surface area (Å²) in [6, 6.07) is 2.23. The first-order chi connectivity index (χ1) is 11.7. The van der Waals surface area contributed by atoms with Crippen molar-refractivity contribution in [1.29, 1.82) is 0 Å². The Labute approximate surface area is 148 Å². The summed E-state index contributed by atoms with van der Waals surface area (Å²) in [5.41, 5.74) is 4.08. The van der Waals surface area contributed by atoms with E-state index in [0.29, 0.717) is 5.92 Å². The van der Waals surface area contributed by atoms with Crippen molar-refractivity contribution in [3.8, 4) is 0 Å². The van der Waals surface area contributed by atoms with Gasteiger partial charge in [0.1, 0.15) is 11.6 Å². The first-order valence-corrected chi connectivity index (χ1v) is 10.0. The van der Waals surface area contributed by atoms with E-state index in [1.165, 1.54) is 35.5 Å². The second-order valence-corrected chi connectivity index (χ2v) is 8.05. The van der Waals surface area contributed by atoms with Gasteiger partial charge >= 0.3 is 0 Å². The molecular weight excluding hydrogens is 316 g/mol. The summed E-state index contributed by atoms with van der Waals surface area (Å²) in [5.74, 6) is 2.62. The largest absolute Gasteiger partial charge is 0.356 e. The van der Waals surface area contributed by atoms with Gasteiger partial charge in [-0.15, -0.1) is 0 Å². The molecule has 4 nitrogen and oxygen atoms in total. The monoisotopic (exact) mass is 342 g/mol. The van der Waals surface area contributed by atoms with Crippen molar-refractivity contribution in [3.05, 3.63) is 39.5 Å². The third kappa shape index (κ3) is 3.20. The minimum Gasteiger partial charge on any atom is -0.356 e. The van der Waals surface area contributed by atoms with Gasteiger partial charge in [0.15, 0.2) is 0 Å². The quantitative estimate of drug-likeness (QED) is 0.845. The Morgan fingerprint density at radius 2 is 2.00 bits per heavy atom. The molecule has 0 N–H and O–H groups in total. The number of thiophene rings is 1. The van der Waals surface area contributed by atoms with Gasteiger partial charge in [0.05, 0.1) is 5.69 Å². The molecule has 2 aromatic rings. The highest BCUT2D eigenvalue weighted by Gasteiger charge is 2.26. The van der Waals surface area contributed by atoms with Crippen LogP contribution in [0.1, 0.15) is 55.3 Å². The van der Waals surface area contributed by atoms with Crippen LogP contribution in [0.25, 0.3) is 0 Å². The van der Waals surface area contributed by atoms with Crippen LogP contribution < -0.4 is 4.90 Å². The van der Waals surface area contributed by atoms with E-state index in [0.717, 1.165) is 45.0 Å². The molecule has 0 aromatic carbocycles. The predicted molar refractivity (Wildman–Crippen MR) is 99.7 cm³/mol. The van der Waals surface area contributed by atoms with E-state index in [9.17, 15) is 0 Å². The first kappa shape index (κ1) is 16.0. The van der Waals surface area contributed by atoms with Gasteiger partial charge in [-0.3, -0.25) is 4.90 Å². The average Bonchev–Trinajstić information content (AvgIpc) is 3.27. The van der Waals surface area contributed by atoms with Gasteiger partial charge in [0, 0.05) is 44.2 Å². The molecule has 4 rings (SSSR count). The van der Waals surface area contributed by atoms with Gasteiger partial charge in [0.2, 0.25) is 0 Å². The van der Waals surface area contributed by atoms with Crippen LogP contribution in [0.5, 0.6) is 0 Å². The number of anilines is 1. The van der Waals surface area contributed by atoms with Crippen molar-refractivity contribution in [3.63, 3.8) is 0 Å². The topological polar surface area (TPSA) is 32.3 Å². The lowest BCUT2D eigenvalue weighted by molar-refractivity contribution is 0.241. The van der Waals surface area contributed by atoms with Crippen LogP contribution in [0.4, 0.5) is 5.82 Å². The lowest BCUT2D eigenvalue weighted by atomic mass is 10.0. The number of hydrogen-bond donors (Lipinski definition) is 0. The van der Waals surface area contributed by atoms with Gasteiger partial charge in [-0.2, -0.15) is 11.3 Å². The lowest BCUT2D eigenvalue weighted by Gasteiger charge is -2.31. The van der Waals surface area contributed by atoms with Gasteiger partial charge in [-0.1, -0.05) is 13.8 Å². The van der Waals surface area contributed by atoms with E-state index in [-0.39, 0.29) is 0 Å². The SMILES string of the molecule is CC(C)c1nc2c(c(N3CCCC3)n1)CCN(Cc1ccsc1)C2. The van der Waals surface area contributed by atoms with Crippen molar-refractivity contribution >= 4 is 17.2 Å². The molecule has 0 bridgehead atoms.